The summed E-state index contributed by atoms with van der Waals surface area (Å²) in [6.07, 6.45) is 5.55. The molecule has 0 bridgehead atoms. The number of hydrogen-bond acceptors (Lipinski definition) is 5. The molecule has 196 valence electrons. The number of carbonyl (C=O) groups is 1. The van der Waals surface area contributed by atoms with Gasteiger partial charge < -0.3 is 14.7 Å². The summed E-state index contributed by atoms with van der Waals surface area (Å²) in [7, 11) is 1.66. The van der Waals surface area contributed by atoms with Gasteiger partial charge in [-0.1, -0.05) is 79.7 Å². The van der Waals surface area contributed by atoms with Crippen molar-refractivity contribution in [2.75, 3.05) is 20.3 Å². The Morgan fingerprint density at radius 1 is 1.05 bits per heavy atom. The summed E-state index contributed by atoms with van der Waals surface area (Å²) >= 11 is 0. The highest BCUT2D eigenvalue weighted by Gasteiger charge is 2.18. The number of carbonyl (C=O) groups excluding carboxylic acids is 1. The van der Waals surface area contributed by atoms with Crippen molar-refractivity contribution < 1.29 is 14.6 Å². The first-order valence-corrected chi connectivity index (χ1v) is 12.7. The average molecular weight is 512 g/mol. The number of fused-ring (bicyclic) bond motifs is 1. The molecule has 0 spiro atoms. The van der Waals surface area contributed by atoms with Gasteiger partial charge in [0.2, 0.25) is 5.91 Å². The summed E-state index contributed by atoms with van der Waals surface area (Å²) in [4.78, 5) is 27.4. The van der Waals surface area contributed by atoms with Crippen LogP contribution in [0.25, 0.3) is 16.5 Å². The van der Waals surface area contributed by atoms with E-state index >= 15 is 0 Å². The molecule has 38 heavy (non-hydrogen) atoms. The van der Waals surface area contributed by atoms with Crippen LogP contribution >= 0.6 is 0 Å². The number of hydrogen-bond donors (Lipinski definition) is 1. The number of methoxy groups -OCH3 is 1. The number of amides is 1. The number of rotatable bonds is 11. The fourth-order valence-electron chi connectivity index (χ4n) is 4.56. The van der Waals surface area contributed by atoms with Crippen molar-refractivity contribution in [2.24, 2.45) is 5.92 Å². The lowest BCUT2D eigenvalue weighted by atomic mass is 9.96. The highest BCUT2D eigenvalue weighted by Crippen LogP contribution is 2.27. The predicted octanol–water partition coefficient (Wildman–Crippen LogP) is 4.68. The summed E-state index contributed by atoms with van der Waals surface area (Å²) in [5, 5.41) is 15.2. The van der Waals surface area contributed by atoms with Gasteiger partial charge in [-0.25, -0.2) is 0 Å². The Kier molecular flexibility index (Phi) is 9.19. The maximum absolute atomic E-state index is 12.9. The Bertz CT molecular complexity index is 1430. The van der Waals surface area contributed by atoms with Gasteiger partial charge in [-0.05, 0) is 29.3 Å². The van der Waals surface area contributed by atoms with E-state index in [1.54, 1.807) is 24.3 Å². The first-order chi connectivity index (χ1) is 18.5. The normalized spacial score (nSPS) is 13.0. The molecule has 1 amide bonds. The molecule has 4 rings (SSSR count). The molecule has 4 aromatic rings. The van der Waals surface area contributed by atoms with Gasteiger partial charge in [0.05, 0.1) is 30.0 Å². The van der Waals surface area contributed by atoms with E-state index in [-0.39, 0.29) is 36.5 Å². The van der Waals surface area contributed by atoms with E-state index in [4.69, 9.17) is 4.74 Å². The fourth-order valence-corrected chi connectivity index (χ4v) is 4.56. The Hall–Kier alpha value is -4.07. The smallest absolute Gasteiger partial charge is 0.279 e. The minimum atomic E-state index is -0.227. The van der Waals surface area contributed by atoms with Gasteiger partial charge in [0, 0.05) is 37.9 Å². The van der Waals surface area contributed by atoms with Crippen LogP contribution in [0.1, 0.15) is 30.6 Å². The molecular weight excluding hydrogens is 478 g/mol. The largest absolute Gasteiger partial charge is 0.395 e. The molecule has 7 nitrogen and oxygen atoms in total. The molecule has 1 N–H and O–H groups in total. The Morgan fingerprint density at radius 2 is 1.76 bits per heavy atom. The van der Waals surface area contributed by atoms with E-state index < -0.39 is 0 Å². The van der Waals surface area contributed by atoms with Crippen molar-refractivity contribution in [3.63, 3.8) is 0 Å². The number of benzene rings is 3. The molecule has 7 heteroatoms. The molecule has 0 radical (unpaired) electrons. The molecule has 0 saturated carbocycles. The van der Waals surface area contributed by atoms with E-state index in [0.29, 0.717) is 24.2 Å². The summed E-state index contributed by atoms with van der Waals surface area (Å²) in [6.45, 7) is 2.71. The van der Waals surface area contributed by atoms with Crippen LogP contribution in [-0.2, 0) is 16.1 Å². The van der Waals surface area contributed by atoms with Gasteiger partial charge in [0.15, 0.2) is 0 Å². The number of ether oxygens (including phenoxy) is 1. The van der Waals surface area contributed by atoms with E-state index in [0.717, 1.165) is 16.5 Å². The highest BCUT2D eigenvalue weighted by atomic mass is 16.5. The van der Waals surface area contributed by atoms with Crippen molar-refractivity contribution >= 4 is 16.7 Å². The summed E-state index contributed by atoms with van der Waals surface area (Å²) < 4.78 is 7.18. The maximum atomic E-state index is 12.9. The highest BCUT2D eigenvalue weighted by molar-refractivity contribution is 5.80. The number of aromatic nitrogens is 2. The van der Waals surface area contributed by atoms with E-state index in [9.17, 15) is 14.7 Å². The number of aliphatic hydroxyl groups is 1. The summed E-state index contributed by atoms with van der Waals surface area (Å²) in [5.41, 5.74) is 2.49. The summed E-state index contributed by atoms with van der Waals surface area (Å²) in [6, 6.07) is 24.7. The third-order valence-electron chi connectivity index (χ3n) is 6.56. The van der Waals surface area contributed by atoms with E-state index in [2.05, 4.69) is 5.10 Å². The van der Waals surface area contributed by atoms with Crippen LogP contribution in [0.15, 0.2) is 102 Å². The van der Waals surface area contributed by atoms with Crippen molar-refractivity contribution in [1.29, 1.82) is 0 Å². The zero-order valence-corrected chi connectivity index (χ0v) is 21.7. The Balaban J connectivity index is 1.42. The van der Waals surface area contributed by atoms with Gasteiger partial charge in [-0.2, -0.15) is 9.78 Å². The molecule has 0 saturated heterocycles. The number of aliphatic hydroxyl groups excluding tert-OH is 1. The van der Waals surface area contributed by atoms with Gasteiger partial charge >= 0.3 is 0 Å². The third-order valence-corrected chi connectivity index (χ3v) is 6.56. The standard InChI is InChI=1S/C31H33N3O4/c1-23(9-8-14-29(36)33(19-20-35)22-24-10-4-3-5-11-24)30(38-2)25-15-17-27(18-16-25)34-31(37)28-13-7-6-12-26(28)21-32-34/h3-13,15-18,21,23,30,35H,14,19-20,22H2,1-2H3/b9-8+/t23-,30+/m1/s1. The first kappa shape index (κ1) is 27.0. The van der Waals surface area contributed by atoms with Gasteiger partial charge in [-0.15, -0.1) is 0 Å². The van der Waals surface area contributed by atoms with E-state index in [1.807, 2.05) is 91.9 Å². The lowest BCUT2D eigenvalue weighted by Crippen LogP contribution is -2.32. The van der Waals surface area contributed by atoms with Gasteiger partial charge in [0.25, 0.3) is 5.56 Å². The van der Waals surface area contributed by atoms with Crippen LogP contribution in [0.2, 0.25) is 0 Å². The molecule has 0 fully saturated rings. The molecule has 0 aliphatic heterocycles. The quantitative estimate of drug-likeness (QED) is 0.296. The van der Waals surface area contributed by atoms with Gasteiger partial charge in [0.1, 0.15) is 0 Å². The zero-order chi connectivity index (χ0) is 26.9. The lowest BCUT2D eigenvalue weighted by molar-refractivity contribution is -0.131. The lowest BCUT2D eigenvalue weighted by Gasteiger charge is -2.22. The molecule has 3 aromatic carbocycles. The zero-order valence-electron chi connectivity index (χ0n) is 21.7. The van der Waals surface area contributed by atoms with Gasteiger partial charge in [-0.3, -0.25) is 9.59 Å². The second kappa shape index (κ2) is 12.9. The van der Waals surface area contributed by atoms with Crippen LogP contribution in [0.3, 0.4) is 0 Å². The maximum Gasteiger partial charge on any atom is 0.279 e. The molecular formula is C31H33N3O4. The minimum Gasteiger partial charge on any atom is -0.395 e. The van der Waals surface area contributed by atoms with Crippen molar-refractivity contribution in [2.45, 2.75) is 26.0 Å². The summed E-state index contributed by atoms with van der Waals surface area (Å²) in [5.74, 6) is -0.0430. The molecule has 0 aliphatic carbocycles. The van der Waals surface area contributed by atoms with Crippen molar-refractivity contribution in [1.82, 2.24) is 14.7 Å². The first-order valence-electron chi connectivity index (χ1n) is 12.7. The topological polar surface area (TPSA) is 84.7 Å². The molecule has 1 aromatic heterocycles. The van der Waals surface area contributed by atoms with Crippen LogP contribution < -0.4 is 5.56 Å². The Labute approximate surface area is 222 Å². The van der Waals surface area contributed by atoms with Crippen molar-refractivity contribution in [3.05, 3.63) is 119 Å². The van der Waals surface area contributed by atoms with Crippen LogP contribution in [0.4, 0.5) is 0 Å². The van der Waals surface area contributed by atoms with Crippen molar-refractivity contribution in [3.8, 4) is 5.69 Å². The van der Waals surface area contributed by atoms with Crippen LogP contribution in [0, 0.1) is 5.92 Å². The fraction of sp³-hybridized carbons (Fsp3) is 0.258. The SMILES string of the molecule is CO[C@H](c1ccc(-n2ncc3ccccc3c2=O)cc1)[C@H](C)/C=C/CC(=O)N(CCO)Cc1ccccc1. The molecule has 1 heterocycles. The second-order valence-corrected chi connectivity index (χ2v) is 9.21. The molecule has 0 aliphatic rings. The molecule has 0 unspecified atom stereocenters. The second-order valence-electron chi connectivity index (χ2n) is 9.21. The van der Waals surface area contributed by atoms with E-state index in [1.165, 1.54) is 4.68 Å². The Morgan fingerprint density at radius 3 is 2.47 bits per heavy atom. The average Bonchev–Trinajstić information content (AvgIpc) is 2.94. The van der Waals surface area contributed by atoms with Crippen LogP contribution in [-0.4, -0.2) is 46.0 Å². The van der Waals surface area contributed by atoms with Crippen LogP contribution in [0.5, 0.6) is 0 Å². The minimum absolute atomic E-state index is 0.000538. The predicted molar refractivity (Wildman–Crippen MR) is 149 cm³/mol. The molecule has 2 atom stereocenters. The third kappa shape index (κ3) is 6.43. The number of nitrogens with zero attached hydrogens (tertiary/aromatic N) is 3. The monoisotopic (exact) mass is 511 g/mol.